The van der Waals surface area contributed by atoms with Gasteiger partial charge in [-0.25, -0.2) is 4.39 Å². The molecule has 0 radical (unpaired) electrons. The van der Waals surface area contributed by atoms with E-state index in [2.05, 4.69) is 6.92 Å². The Kier molecular flexibility index (Phi) is 3.46. The van der Waals surface area contributed by atoms with Crippen molar-refractivity contribution in [2.24, 2.45) is 17.8 Å². The van der Waals surface area contributed by atoms with Gasteiger partial charge in [0.2, 0.25) is 0 Å². The largest absolute Gasteiger partial charge is 0.247 e. The highest BCUT2D eigenvalue weighted by Gasteiger charge is 2.33. The number of hydrogen-bond donors (Lipinski definition) is 0. The Labute approximate surface area is 87.3 Å². The summed E-state index contributed by atoms with van der Waals surface area (Å²) in [5, 5.41) is 0. The third kappa shape index (κ3) is 2.29. The quantitative estimate of drug-likeness (QED) is 0.588. The van der Waals surface area contributed by atoms with Crippen LogP contribution in [0.25, 0.3) is 0 Å². The second-order valence-electron chi connectivity index (χ2n) is 5.48. The van der Waals surface area contributed by atoms with Crippen LogP contribution in [0.1, 0.15) is 58.3 Å². The summed E-state index contributed by atoms with van der Waals surface area (Å²) >= 11 is 0. The van der Waals surface area contributed by atoms with E-state index in [4.69, 9.17) is 0 Å². The summed E-state index contributed by atoms with van der Waals surface area (Å²) in [5.74, 6) is 2.05. The smallest absolute Gasteiger partial charge is 0.103 e. The van der Waals surface area contributed by atoms with Crippen LogP contribution >= 0.6 is 0 Å². The first-order valence-electron chi connectivity index (χ1n) is 6.41. The van der Waals surface area contributed by atoms with E-state index in [1.807, 2.05) is 0 Å². The third-order valence-corrected chi connectivity index (χ3v) is 4.40. The molecular formula is C13H23F. The van der Waals surface area contributed by atoms with Crippen LogP contribution in [-0.2, 0) is 0 Å². The van der Waals surface area contributed by atoms with Crippen LogP contribution in [-0.4, -0.2) is 6.17 Å². The lowest BCUT2D eigenvalue weighted by atomic mass is 9.70. The molecule has 1 unspecified atom stereocenters. The molecule has 14 heavy (non-hydrogen) atoms. The van der Waals surface area contributed by atoms with Gasteiger partial charge in [-0.2, -0.15) is 0 Å². The van der Waals surface area contributed by atoms with Crippen LogP contribution in [0.2, 0.25) is 0 Å². The van der Waals surface area contributed by atoms with Crippen molar-refractivity contribution in [3.63, 3.8) is 0 Å². The van der Waals surface area contributed by atoms with E-state index in [1.54, 1.807) is 0 Å². The molecule has 2 saturated carbocycles. The first-order valence-corrected chi connectivity index (χ1v) is 6.41. The maximum Gasteiger partial charge on any atom is 0.103 e. The zero-order valence-electron chi connectivity index (χ0n) is 9.34. The molecule has 0 nitrogen and oxygen atoms in total. The van der Waals surface area contributed by atoms with E-state index in [0.717, 1.165) is 24.7 Å². The van der Waals surface area contributed by atoms with E-state index in [1.165, 1.54) is 38.5 Å². The molecule has 0 amide bonds. The van der Waals surface area contributed by atoms with Crippen molar-refractivity contribution in [3.8, 4) is 0 Å². The van der Waals surface area contributed by atoms with Crippen LogP contribution in [0.4, 0.5) is 4.39 Å². The number of hydrogen-bond acceptors (Lipinski definition) is 0. The molecular weight excluding hydrogens is 175 g/mol. The van der Waals surface area contributed by atoms with Crippen molar-refractivity contribution < 1.29 is 4.39 Å². The molecule has 2 rings (SSSR count). The highest BCUT2D eigenvalue weighted by molar-refractivity contribution is 4.83. The van der Waals surface area contributed by atoms with E-state index < -0.39 is 6.17 Å². The monoisotopic (exact) mass is 198 g/mol. The SMILES string of the molecule is CC1CCC([C@H]2CCCCC2F)CC1. The normalized spacial score (nSPS) is 45.0. The summed E-state index contributed by atoms with van der Waals surface area (Å²) in [6.45, 7) is 2.34. The first kappa shape index (κ1) is 10.4. The Bertz CT molecular complexity index is 170. The summed E-state index contributed by atoms with van der Waals surface area (Å²) < 4.78 is 13.7. The van der Waals surface area contributed by atoms with E-state index in [0.29, 0.717) is 5.92 Å². The summed E-state index contributed by atoms with van der Waals surface area (Å²) in [4.78, 5) is 0. The van der Waals surface area contributed by atoms with Crippen LogP contribution in [0, 0.1) is 17.8 Å². The number of rotatable bonds is 1. The lowest BCUT2D eigenvalue weighted by molar-refractivity contribution is 0.0838. The van der Waals surface area contributed by atoms with Gasteiger partial charge in [-0.15, -0.1) is 0 Å². The lowest BCUT2D eigenvalue weighted by Gasteiger charge is -2.36. The predicted molar refractivity (Wildman–Crippen MR) is 58.0 cm³/mol. The Morgan fingerprint density at radius 3 is 2.14 bits per heavy atom. The molecule has 0 aromatic heterocycles. The Morgan fingerprint density at radius 2 is 1.50 bits per heavy atom. The summed E-state index contributed by atoms with van der Waals surface area (Å²) in [5.41, 5.74) is 0. The molecule has 0 aromatic carbocycles. The molecule has 2 fully saturated rings. The molecule has 82 valence electrons. The highest BCUT2D eigenvalue weighted by Crippen LogP contribution is 2.40. The molecule has 0 bridgehead atoms. The topological polar surface area (TPSA) is 0 Å². The maximum atomic E-state index is 13.7. The molecule has 2 aliphatic carbocycles. The molecule has 0 aliphatic heterocycles. The minimum absolute atomic E-state index is 0.427. The average Bonchev–Trinajstić information content (AvgIpc) is 2.20. The van der Waals surface area contributed by atoms with Gasteiger partial charge in [0.1, 0.15) is 6.17 Å². The second-order valence-corrected chi connectivity index (χ2v) is 5.48. The van der Waals surface area contributed by atoms with Gasteiger partial charge in [0.25, 0.3) is 0 Å². The van der Waals surface area contributed by atoms with Gasteiger partial charge in [-0.3, -0.25) is 0 Å². The Hall–Kier alpha value is -0.0700. The summed E-state index contributed by atoms with van der Waals surface area (Å²) in [6.07, 6.45) is 9.22. The van der Waals surface area contributed by atoms with Gasteiger partial charge in [0.15, 0.2) is 0 Å². The average molecular weight is 198 g/mol. The van der Waals surface area contributed by atoms with E-state index in [9.17, 15) is 4.39 Å². The fourth-order valence-electron chi connectivity index (χ4n) is 3.36. The second kappa shape index (κ2) is 4.63. The fourth-order valence-corrected chi connectivity index (χ4v) is 3.36. The van der Waals surface area contributed by atoms with Crippen molar-refractivity contribution in [3.05, 3.63) is 0 Å². The maximum absolute atomic E-state index is 13.7. The molecule has 0 heterocycles. The van der Waals surface area contributed by atoms with Crippen LogP contribution in [0.3, 0.4) is 0 Å². The fraction of sp³-hybridized carbons (Fsp3) is 1.00. The Balaban J connectivity index is 1.87. The summed E-state index contributed by atoms with van der Waals surface area (Å²) in [7, 11) is 0. The van der Waals surface area contributed by atoms with Crippen molar-refractivity contribution >= 4 is 0 Å². The van der Waals surface area contributed by atoms with Crippen molar-refractivity contribution in [2.45, 2.75) is 64.5 Å². The first-order chi connectivity index (χ1) is 6.77. The molecule has 0 spiro atoms. The van der Waals surface area contributed by atoms with Crippen molar-refractivity contribution in [2.75, 3.05) is 0 Å². The van der Waals surface area contributed by atoms with Crippen LogP contribution < -0.4 is 0 Å². The van der Waals surface area contributed by atoms with Crippen molar-refractivity contribution in [1.29, 1.82) is 0 Å². The molecule has 1 heteroatoms. The van der Waals surface area contributed by atoms with Gasteiger partial charge in [-0.1, -0.05) is 32.6 Å². The highest BCUT2D eigenvalue weighted by atomic mass is 19.1. The van der Waals surface area contributed by atoms with Gasteiger partial charge in [0.05, 0.1) is 0 Å². The van der Waals surface area contributed by atoms with Gasteiger partial charge < -0.3 is 0 Å². The third-order valence-electron chi connectivity index (χ3n) is 4.40. The molecule has 2 aliphatic rings. The zero-order valence-corrected chi connectivity index (χ0v) is 9.34. The molecule has 0 aromatic rings. The molecule has 0 saturated heterocycles. The van der Waals surface area contributed by atoms with Crippen LogP contribution in [0.15, 0.2) is 0 Å². The van der Waals surface area contributed by atoms with E-state index in [-0.39, 0.29) is 0 Å². The lowest BCUT2D eigenvalue weighted by Crippen LogP contribution is -2.30. The minimum atomic E-state index is -0.470. The van der Waals surface area contributed by atoms with E-state index >= 15 is 0 Å². The molecule has 2 atom stereocenters. The molecule has 0 N–H and O–H groups in total. The van der Waals surface area contributed by atoms with Gasteiger partial charge in [0, 0.05) is 0 Å². The minimum Gasteiger partial charge on any atom is -0.247 e. The number of halogens is 1. The van der Waals surface area contributed by atoms with Crippen LogP contribution in [0.5, 0.6) is 0 Å². The van der Waals surface area contributed by atoms with Gasteiger partial charge >= 0.3 is 0 Å². The number of alkyl halides is 1. The van der Waals surface area contributed by atoms with Gasteiger partial charge in [-0.05, 0) is 43.4 Å². The Morgan fingerprint density at radius 1 is 0.857 bits per heavy atom. The van der Waals surface area contributed by atoms with Crippen molar-refractivity contribution in [1.82, 2.24) is 0 Å². The standard InChI is InChI=1S/C13H23F/c1-10-6-8-11(9-7-10)12-4-2-3-5-13(12)14/h10-13H,2-9H2,1H3/t10?,11?,12-,13?/m1/s1. The predicted octanol–water partition coefficient (Wildman–Crippen LogP) is 4.34. The zero-order chi connectivity index (χ0) is 9.97. The summed E-state index contributed by atoms with van der Waals surface area (Å²) in [6, 6.07) is 0.